The van der Waals surface area contributed by atoms with Crippen LogP contribution in [0.2, 0.25) is 0 Å². The Balaban J connectivity index is 2.32. The molecule has 1 aromatic carbocycles. The molecule has 1 aromatic rings. The van der Waals surface area contributed by atoms with E-state index in [0.29, 0.717) is 0 Å². The summed E-state index contributed by atoms with van der Waals surface area (Å²) in [6.07, 6.45) is 2.71. The van der Waals surface area contributed by atoms with Gasteiger partial charge >= 0.3 is 0 Å². The highest BCUT2D eigenvalue weighted by Crippen LogP contribution is 2.39. The maximum absolute atomic E-state index is 9.96. The van der Waals surface area contributed by atoms with Crippen LogP contribution >= 0.6 is 0 Å². The minimum atomic E-state index is -0.398. The first kappa shape index (κ1) is 11.5. The molecule has 0 aromatic heterocycles. The van der Waals surface area contributed by atoms with Crippen molar-refractivity contribution >= 4 is 5.69 Å². The van der Waals surface area contributed by atoms with E-state index in [1.54, 1.807) is 0 Å². The van der Waals surface area contributed by atoms with Crippen LogP contribution in [-0.2, 0) is 6.42 Å². The summed E-state index contributed by atoms with van der Waals surface area (Å²) in [5, 5.41) is 9.96. The van der Waals surface area contributed by atoms with Crippen LogP contribution in [-0.4, -0.2) is 24.8 Å². The van der Waals surface area contributed by atoms with Gasteiger partial charge in [0.25, 0.3) is 0 Å². The molecule has 2 heteroatoms. The maximum Gasteiger partial charge on any atom is 0.0690 e. The number of hydrogen-bond donors (Lipinski definition) is 1. The van der Waals surface area contributed by atoms with Crippen LogP contribution in [0, 0.1) is 13.8 Å². The molecule has 2 nitrogen and oxygen atoms in total. The lowest BCUT2D eigenvalue weighted by atomic mass is 9.99. The van der Waals surface area contributed by atoms with Crippen molar-refractivity contribution < 1.29 is 5.11 Å². The van der Waals surface area contributed by atoms with Crippen molar-refractivity contribution in [1.82, 2.24) is 0 Å². The lowest BCUT2D eigenvalue weighted by molar-refractivity contribution is 0.151. The molecule has 0 bridgehead atoms. The van der Waals surface area contributed by atoms with Gasteiger partial charge in [0, 0.05) is 26.2 Å². The number of rotatable bonds is 3. The third-order valence-electron chi connectivity index (χ3n) is 3.54. The summed E-state index contributed by atoms with van der Waals surface area (Å²) in [7, 11) is 4.13. The van der Waals surface area contributed by atoms with Crippen molar-refractivity contribution in [2.45, 2.75) is 38.7 Å². The second-order valence-electron chi connectivity index (χ2n) is 5.35. The Kier molecular flexibility index (Phi) is 2.70. The zero-order valence-electron chi connectivity index (χ0n) is 10.7. The van der Waals surface area contributed by atoms with Crippen molar-refractivity contribution in [3.8, 4) is 0 Å². The van der Waals surface area contributed by atoms with E-state index >= 15 is 0 Å². The smallest absolute Gasteiger partial charge is 0.0690 e. The van der Waals surface area contributed by atoms with Gasteiger partial charge in [-0.2, -0.15) is 0 Å². The molecule has 1 aliphatic rings. The summed E-state index contributed by atoms with van der Waals surface area (Å²) in [6, 6.07) is 4.41. The number of benzene rings is 1. The molecule has 1 saturated carbocycles. The first-order valence-electron chi connectivity index (χ1n) is 5.91. The molecule has 0 spiro atoms. The average Bonchev–Trinajstić information content (AvgIpc) is 2.89. The highest BCUT2D eigenvalue weighted by atomic mass is 16.3. The summed E-state index contributed by atoms with van der Waals surface area (Å²) in [4.78, 5) is 2.14. The Hall–Kier alpha value is -1.02. The lowest BCUT2D eigenvalue weighted by Gasteiger charge is -2.20. The number of aliphatic hydroxyl groups is 1. The molecule has 2 rings (SSSR count). The molecule has 1 aliphatic carbocycles. The van der Waals surface area contributed by atoms with Gasteiger partial charge in [0.15, 0.2) is 0 Å². The first-order chi connectivity index (χ1) is 7.41. The van der Waals surface area contributed by atoms with E-state index < -0.39 is 5.60 Å². The molecular formula is C14H21NO. The van der Waals surface area contributed by atoms with Gasteiger partial charge in [0.05, 0.1) is 5.60 Å². The van der Waals surface area contributed by atoms with Gasteiger partial charge in [-0.1, -0.05) is 6.07 Å². The largest absolute Gasteiger partial charge is 0.390 e. The Morgan fingerprint density at radius 2 is 1.88 bits per heavy atom. The topological polar surface area (TPSA) is 23.5 Å². The normalized spacial score (nSPS) is 17.3. The minimum absolute atomic E-state index is 0.398. The standard InChI is InChI=1S/C14H21NO/c1-10-7-12(9-14(16)5-6-14)8-13(11(10)2)15(3)4/h7-8,16H,5-6,9H2,1-4H3. The average molecular weight is 219 g/mol. The van der Waals surface area contributed by atoms with Gasteiger partial charge in [-0.15, -0.1) is 0 Å². The van der Waals surface area contributed by atoms with Crippen molar-refractivity contribution in [3.63, 3.8) is 0 Å². The maximum atomic E-state index is 9.96. The van der Waals surface area contributed by atoms with Gasteiger partial charge in [0.2, 0.25) is 0 Å². The van der Waals surface area contributed by atoms with Gasteiger partial charge in [-0.05, 0) is 49.4 Å². The zero-order chi connectivity index (χ0) is 11.9. The first-order valence-corrected chi connectivity index (χ1v) is 5.91. The summed E-state index contributed by atoms with van der Waals surface area (Å²) in [6.45, 7) is 4.29. The quantitative estimate of drug-likeness (QED) is 0.844. The summed E-state index contributed by atoms with van der Waals surface area (Å²) < 4.78 is 0. The molecule has 88 valence electrons. The fourth-order valence-corrected chi connectivity index (χ4v) is 2.18. The summed E-state index contributed by atoms with van der Waals surface area (Å²) in [5.74, 6) is 0. The minimum Gasteiger partial charge on any atom is -0.390 e. The summed E-state index contributed by atoms with van der Waals surface area (Å²) in [5.41, 5.74) is 4.76. The molecule has 0 atom stereocenters. The number of nitrogens with zero attached hydrogens (tertiary/aromatic N) is 1. The Morgan fingerprint density at radius 1 is 1.25 bits per heavy atom. The monoisotopic (exact) mass is 219 g/mol. The van der Waals surface area contributed by atoms with Gasteiger partial charge < -0.3 is 10.0 Å². The summed E-state index contributed by atoms with van der Waals surface area (Å²) >= 11 is 0. The van der Waals surface area contributed by atoms with Gasteiger partial charge in [-0.3, -0.25) is 0 Å². The molecular weight excluding hydrogens is 198 g/mol. The SMILES string of the molecule is Cc1cc(CC2(O)CC2)cc(N(C)C)c1C. The Morgan fingerprint density at radius 3 is 2.38 bits per heavy atom. The van der Waals surface area contributed by atoms with Crippen LogP contribution in [0.3, 0.4) is 0 Å². The van der Waals surface area contributed by atoms with E-state index in [1.165, 1.54) is 22.4 Å². The number of aryl methyl sites for hydroxylation is 1. The van der Waals surface area contributed by atoms with E-state index in [0.717, 1.165) is 19.3 Å². The van der Waals surface area contributed by atoms with Crippen molar-refractivity contribution in [1.29, 1.82) is 0 Å². The lowest BCUT2D eigenvalue weighted by Crippen LogP contribution is -2.14. The van der Waals surface area contributed by atoms with Crippen LogP contribution < -0.4 is 4.90 Å². The molecule has 0 aliphatic heterocycles. The predicted molar refractivity (Wildman–Crippen MR) is 68.1 cm³/mol. The molecule has 1 N–H and O–H groups in total. The predicted octanol–water partition coefficient (Wildman–Crippen LogP) is 2.44. The molecule has 0 unspecified atom stereocenters. The van der Waals surface area contributed by atoms with Crippen LogP contribution in [0.4, 0.5) is 5.69 Å². The van der Waals surface area contributed by atoms with Crippen molar-refractivity contribution in [3.05, 3.63) is 28.8 Å². The van der Waals surface area contributed by atoms with Crippen LogP contribution in [0.5, 0.6) is 0 Å². The zero-order valence-corrected chi connectivity index (χ0v) is 10.7. The molecule has 16 heavy (non-hydrogen) atoms. The third kappa shape index (κ3) is 2.22. The molecule has 0 radical (unpaired) electrons. The second kappa shape index (κ2) is 3.77. The Bertz CT molecular complexity index is 405. The van der Waals surface area contributed by atoms with E-state index in [4.69, 9.17) is 0 Å². The van der Waals surface area contributed by atoms with Gasteiger partial charge in [0.1, 0.15) is 0 Å². The van der Waals surface area contributed by atoms with E-state index in [9.17, 15) is 5.11 Å². The highest BCUT2D eigenvalue weighted by Gasteiger charge is 2.40. The Labute approximate surface area is 97.9 Å². The van der Waals surface area contributed by atoms with Crippen molar-refractivity contribution in [2.24, 2.45) is 0 Å². The molecule has 0 amide bonds. The van der Waals surface area contributed by atoms with Crippen LogP contribution in [0.25, 0.3) is 0 Å². The van der Waals surface area contributed by atoms with Crippen molar-refractivity contribution in [2.75, 3.05) is 19.0 Å². The van der Waals surface area contributed by atoms with E-state index in [2.05, 4.69) is 45.0 Å². The van der Waals surface area contributed by atoms with Crippen LogP contribution in [0.1, 0.15) is 29.5 Å². The molecule has 1 fully saturated rings. The van der Waals surface area contributed by atoms with E-state index in [-0.39, 0.29) is 0 Å². The third-order valence-corrected chi connectivity index (χ3v) is 3.54. The fourth-order valence-electron chi connectivity index (χ4n) is 2.18. The van der Waals surface area contributed by atoms with E-state index in [1.807, 2.05) is 0 Å². The number of anilines is 1. The molecule has 0 saturated heterocycles. The second-order valence-corrected chi connectivity index (χ2v) is 5.35. The fraction of sp³-hybridized carbons (Fsp3) is 0.571. The molecule has 0 heterocycles. The highest BCUT2D eigenvalue weighted by molar-refractivity contribution is 5.57. The van der Waals surface area contributed by atoms with Crippen LogP contribution in [0.15, 0.2) is 12.1 Å². The van der Waals surface area contributed by atoms with Gasteiger partial charge in [-0.25, -0.2) is 0 Å². The number of hydrogen-bond acceptors (Lipinski definition) is 2.